The standard InChI is InChI=1S/C15H31N3/c1-12(2)15-9-16-6-8-18(15)11-14-5-7-17(10-14)13(3)4/h12-16H,5-11H2,1-4H3. The predicted octanol–water partition coefficient (Wildman–Crippen LogP) is 1.65. The maximum Gasteiger partial charge on any atom is 0.0244 e. The number of likely N-dealkylation sites (tertiary alicyclic amines) is 1. The van der Waals surface area contributed by atoms with Gasteiger partial charge < -0.3 is 10.2 Å². The molecule has 1 N–H and O–H groups in total. The van der Waals surface area contributed by atoms with E-state index in [9.17, 15) is 0 Å². The molecule has 3 heteroatoms. The van der Waals surface area contributed by atoms with Gasteiger partial charge in [0, 0.05) is 44.8 Å². The summed E-state index contributed by atoms with van der Waals surface area (Å²) in [6, 6.07) is 1.46. The van der Waals surface area contributed by atoms with Crippen LogP contribution in [0.1, 0.15) is 34.1 Å². The number of piperazine rings is 1. The molecule has 0 aromatic heterocycles. The van der Waals surface area contributed by atoms with Crippen LogP contribution in [-0.4, -0.2) is 61.2 Å². The summed E-state index contributed by atoms with van der Waals surface area (Å²) >= 11 is 0. The van der Waals surface area contributed by atoms with Crippen LogP contribution in [0.25, 0.3) is 0 Å². The number of hydrogen-bond acceptors (Lipinski definition) is 3. The van der Waals surface area contributed by atoms with Gasteiger partial charge in [-0.05, 0) is 38.6 Å². The second-order valence-electron chi connectivity index (χ2n) is 6.75. The molecule has 0 aliphatic carbocycles. The fraction of sp³-hybridized carbons (Fsp3) is 1.00. The molecule has 2 aliphatic rings. The van der Waals surface area contributed by atoms with Gasteiger partial charge in [-0.3, -0.25) is 4.90 Å². The van der Waals surface area contributed by atoms with Gasteiger partial charge in [-0.15, -0.1) is 0 Å². The van der Waals surface area contributed by atoms with Crippen LogP contribution in [0, 0.1) is 11.8 Å². The Morgan fingerprint density at radius 1 is 1.17 bits per heavy atom. The lowest BCUT2D eigenvalue weighted by atomic mass is 9.98. The van der Waals surface area contributed by atoms with E-state index in [0.29, 0.717) is 0 Å². The van der Waals surface area contributed by atoms with Crippen molar-refractivity contribution >= 4 is 0 Å². The summed E-state index contributed by atoms with van der Waals surface area (Å²) < 4.78 is 0. The molecule has 2 saturated heterocycles. The highest BCUT2D eigenvalue weighted by Crippen LogP contribution is 2.22. The fourth-order valence-corrected chi connectivity index (χ4v) is 3.46. The minimum Gasteiger partial charge on any atom is -0.314 e. The first-order chi connectivity index (χ1) is 8.58. The molecule has 2 fully saturated rings. The van der Waals surface area contributed by atoms with Crippen molar-refractivity contribution in [3.63, 3.8) is 0 Å². The van der Waals surface area contributed by atoms with Gasteiger partial charge in [-0.25, -0.2) is 0 Å². The summed E-state index contributed by atoms with van der Waals surface area (Å²) in [5.74, 6) is 1.66. The molecule has 0 aromatic carbocycles. The Kier molecular flexibility index (Phi) is 5.05. The van der Waals surface area contributed by atoms with E-state index in [1.807, 2.05) is 0 Å². The minimum atomic E-state index is 0.721. The minimum absolute atomic E-state index is 0.721. The highest BCUT2D eigenvalue weighted by atomic mass is 15.2. The zero-order valence-electron chi connectivity index (χ0n) is 12.7. The van der Waals surface area contributed by atoms with Gasteiger partial charge in [0.25, 0.3) is 0 Å². The zero-order chi connectivity index (χ0) is 13.1. The highest BCUT2D eigenvalue weighted by Gasteiger charge is 2.30. The molecule has 0 radical (unpaired) electrons. The first-order valence-electron chi connectivity index (χ1n) is 7.76. The molecular weight excluding hydrogens is 222 g/mol. The van der Waals surface area contributed by atoms with Crippen LogP contribution in [0.5, 0.6) is 0 Å². The van der Waals surface area contributed by atoms with E-state index in [0.717, 1.165) is 23.9 Å². The third kappa shape index (κ3) is 3.46. The van der Waals surface area contributed by atoms with Crippen LogP contribution in [0.15, 0.2) is 0 Å². The van der Waals surface area contributed by atoms with Crippen molar-refractivity contribution in [2.75, 3.05) is 39.3 Å². The molecule has 106 valence electrons. The largest absolute Gasteiger partial charge is 0.314 e. The van der Waals surface area contributed by atoms with Crippen molar-refractivity contribution in [1.29, 1.82) is 0 Å². The quantitative estimate of drug-likeness (QED) is 0.822. The molecule has 2 aliphatic heterocycles. The number of nitrogens with one attached hydrogen (secondary N) is 1. The molecule has 2 heterocycles. The van der Waals surface area contributed by atoms with E-state index in [4.69, 9.17) is 0 Å². The predicted molar refractivity (Wildman–Crippen MR) is 77.9 cm³/mol. The third-order valence-corrected chi connectivity index (χ3v) is 4.71. The molecule has 0 aromatic rings. The van der Waals surface area contributed by atoms with Crippen molar-refractivity contribution in [3.8, 4) is 0 Å². The van der Waals surface area contributed by atoms with E-state index in [1.165, 1.54) is 45.7 Å². The van der Waals surface area contributed by atoms with Crippen molar-refractivity contribution in [3.05, 3.63) is 0 Å². The van der Waals surface area contributed by atoms with Gasteiger partial charge in [0.05, 0.1) is 0 Å². The summed E-state index contributed by atoms with van der Waals surface area (Å²) in [5.41, 5.74) is 0. The Morgan fingerprint density at radius 3 is 2.56 bits per heavy atom. The lowest BCUT2D eigenvalue weighted by Crippen LogP contribution is -2.54. The molecule has 18 heavy (non-hydrogen) atoms. The third-order valence-electron chi connectivity index (χ3n) is 4.71. The maximum absolute atomic E-state index is 3.55. The van der Waals surface area contributed by atoms with Gasteiger partial charge in [0.1, 0.15) is 0 Å². The van der Waals surface area contributed by atoms with Crippen LogP contribution in [-0.2, 0) is 0 Å². The molecule has 2 unspecified atom stereocenters. The molecule has 0 spiro atoms. The van der Waals surface area contributed by atoms with E-state index in [-0.39, 0.29) is 0 Å². The number of nitrogens with zero attached hydrogens (tertiary/aromatic N) is 2. The molecule has 0 amide bonds. The Balaban J connectivity index is 1.84. The average molecular weight is 253 g/mol. The van der Waals surface area contributed by atoms with Crippen LogP contribution in [0.4, 0.5) is 0 Å². The second kappa shape index (κ2) is 6.36. The molecule has 2 rings (SSSR count). The summed E-state index contributed by atoms with van der Waals surface area (Å²) in [5, 5.41) is 3.55. The lowest BCUT2D eigenvalue weighted by Gasteiger charge is -2.40. The normalized spacial score (nSPS) is 31.7. The average Bonchev–Trinajstić information content (AvgIpc) is 2.78. The molecule has 0 saturated carbocycles. The number of hydrogen-bond donors (Lipinski definition) is 1. The van der Waals surface area contributed by atoms with Gasteiger partial charge in [-0.1, -0.05) is 13.8 Å². The molecule has 2 atom stereocenters. The van der Waals surface area contributed by atoms with Gasteiger partial charge in [0.2, 0.25) is 0 Å². The van der Waals surface area contributed by atoms with Crippen LogP contribution >= 0.6 is 0 Å². The van der Waals surface area contributed by atoms with Crippen molar-refractivity contribution in [2.45, 2.75) is 46.2 Å². The Labute approximate surface area is 113 Å². The van der Waals surface area contributed by atoms with E-state index in [2.05, 4.69) is 42.8 Å². The smallest absolute Gasteiger partial charge is 0.0244 e. The Morgan fingerprint density at radius 2 is 1.94 bits per heavy atom. The summed E-state index contributed by atoms with van der Waals surface area (Å²) in [6.45, 7) is 16.9. The van der Waals surface area contributed by atoms with Crippen molar-refractivity contribution in [1.82, 2.24) is 15.1 Å². The van der Waals surface area contributed by atoms with Crippen molar-refractivity contribution < 1.29 is 0 Å². The van der Waals surface area contributed by atoms with Gasteiger partial charge in [-0.2, -0.15) is 0 Å². The van der Waals surface area contributed by atoms with Crippen molar-refractivity contribution in [2.24, 2.45) is 11.8 Å². The maximum atomic E-state index is 3.55. The summed E-state index contributed by atoms with van der Waals surface area (Å²) in [7, 11) is 0. The summed E-state index contributed by atoms with van der Waals surface area (Å²) in [4.78, 5) is 5.38. The van der Waals surface area contributed by atoms with Crippen LogP contribution in [0.2, 0.25) is 0 Å². The Hall–Kier alpha value is -0.120. The van der Waals surface area contributed by atoms with E-state index < -0.39 is 0 Å². The van der Waals surface area contributed by atoms with Crippen LogP contribution < -0.4 is 5.32 Å². The van der Waals surface area contributed by atoms with Gasteiger partial charge in [0.15, 0.2) is 0 Å². The van der Waals surface area contributed by atoms with Crippen LogP contribution in [0.3, 0.4) is 0 Å². The first-order valence-corrected chi connectivity index (χ1v) is 7.76. The number of rotatable bonds is 4. The monoisotopic (exact) mass is 253 g/mol. The molecule has 0 bridgehead atoms. The first kappa shape index (κ1) is 14.3. The second-order valence-corrected chi connectivity index (χ2v) is 6.75. The van der Waals surface area contributed by atoms with E-state index >= 15 is 0 Å². The molecule has 3 nitrogen and oxygen atoms in total. The van der Waals surface area contributed by atoms with Gasteiger partial charge >= 0.3 is 0 Å². The fourth-order valence-electron chi connectivity index (χ4n) is 3.46. The zero-order valence-corrected chi connectivity index (χ0v) is 12.7. The highest BCUT2D eigenvalue weighted by molar-refractivity contribution is 4.86. The lowest BCUT2D eigenvalue weighted by molar-refractivity contribution is 0.104. The Bertz CT molecular complexity index is 252. The van der Waals surface area contributed by atoms with E-state index in [1.54, 1.807) is 0 Å². The molecular formula is C15H31N3. The summed E-state index contributed by atoms with van der Waals surface area (Å²) in [6.07, 6.45) is 1.40. The topological polar surface area (TPSA) is 18.5 Å². The SMILES string of the molecule is CC(C)C1CNCCN1CC1CCN(C(C)C)C1.